The highest BCUT2D eigenvalue weighted by Gasteiger charge is 2.27. The molecule has 0 aliphatic heterocycles. The van der Waals surface area contributed by atoms with Gasteiger partial charge in [-0.05, 0) is 37.0 Å². The number of aliphatic carboxylic acids is 1. The fourth-order valence-electron chi connectivity index (χ4n) is 2.13. The molecule has 0 saturated carbocycles. The van der Waals surface area contributed by atoms with Gasteiger partial charge in [0.25, 0.3) is 5.91 Å². The van der Waals surface area contributed by atoms with Crippen LogP contribution in [-0.4, -0.2) is 46.2 Å². The molecule has 0 radical (unpaired) electrons. The molecule has 1 aromatic carbocycles. The maximum atomic E-state index is 12.2. The second kappa shape index (κ2) is 8.11. The maximum Gasteiger partial charge on any atom is 0.328 e. The summed E-state index contributed by atoms with van der Waals surface area (Å²) in [6.07, 6.45) is -1.26. The Morgan fingerprint density at radius 1 is 1.00 bits per heavy atom. The normalized spacial score (nSPS) is 15.0. The molecule has 138 valence electrons. The van der Waals surface area contributed by atoms with Crippen molar-refractivity contribution in [2.45, 2.75) is 58.2 Å². The minimum Gasteiger partial charge on any atom is -0.480 e. The molecule has 4 N–H and O–H groups in total. The largest absolute Gasteiger partial charge is 0.480 e. The van der Waals surface area contributed by atoms with E-state index < -0.39 is 36.0 Å². The van der Waals surface area contributed by atoms with Crippen molar-refractivity contribution in [1.82, 2.24) is 10.6 Å². The van der Waals surface area contributed by atoms with E-state index in [0.29, 0.717) is 5.56 Å². The first-order valence-corrected chi connectivity index (χ1v) is 8.06. The van der Waals surface area contributed by atoms with Gasteiger partial charge in [-0.25, -0.2) is 4.79 Å². The van der Waals surface area contributed by atoms with Crippen LogP contribution in [0.5, 0.6) is 0 Å². The molecule has 25 heavy (non-hydrogen) atoms. The van der Waals surface area contributed by atoms with E-state index in [1.54, 1.807) is 12.1 Å². The lowest BCUT2D eigenvalue weighted by molar-refractivity contribution is -0.145. The number of aliphatic hydroxyl groups is 1. The molecular formula is C18H26N2O5. The summed E-state index contributed by atoms with van der Waals surface area (Å²) < 4.78 is 0. The second-order valence-corrected chi connectivity index (χ2v) is 7.09. The van der Waals surface area contributed by atoms with Gasteiger partial charge in [-0.1, -0.05) is 32.9 Å². The number of carboxylic acids is 1. The van der Waals surface area contributed by atoms with Gasteiger partial charge < -0.3 is 20.8 Å². The van der Waals surface area contributed by atoms with Crippen molar-refractivity contribution in [1.29, 1.82) is 0 Å². The van der Waals surface area contributed by atoms with Gasteiger partial charge in [-0.2, -0.15) is 0 Å². The molecule has 0 aromatic heterocycles. The van der Waals surface area contributed by atoms with E-state index in [1.807, 2.05) is 12.1 Å². The van der Waals surface area contributed by atoms with Gasteiger partial charge in [0.1, 0.15) is 6.04 Å². The molecule has 0 bridgehead atoms. The van der Waals surface area contributed by atoms with E-state index in [1.165, 1.54) is 13.8 Å². The average molecular weight is 350 g/mol. The summed E-state index contributed by atoms with van der Waals surface area (Å²) in [7, 11) is 0. The third-order valence-corrected chi connectivity index (χ3v) is 3.80. The van der Waals surface area contributed by atoms with Crippen molar-refractivity contribution in [3.8, 4) is 0 Å². The average Bonchev–Trinajstić information content (AvgIpc) is 2.50. The van der Waals surface area contributed by atoms with E-state index >= 15 is 0 Å². The van der Waals surface area contributed by atoms with Gasteiger partial charge in [0.15, 0.2) is 6.04 Å². The minimum absolute atomic E-state index is 0.0327. The lowest BCUT2D eigenvalue weighted by Crippen LogP contribution is -2.53. The van der Waals surface area contributed by atoms with Crippen LogP contribution in [0.2, 0.25) is 0 Å². The Balaban J connectivity index is 2.72. The summed E-state index contributed by atoms with van der Waals surface area (Å²) in [5.74, 6) is -2.47. The first-order valence-electron chi connectivity index (χ1n) is 8.06. The van der Waals surface area contributed by atoms with Crippen molar-refractivity contribution >= 4 is 17.8 Å². The summed E-state index contributed by atoms with van der Waals surface area (Å²) in [4.78, 5) is 35.2. The quantitative estimate of drug-likeness (QED) is 0.612. The van der Waals surface area contributed by atoms with Gasteiger partial charge in [0.2, 0.25) is 5.91 Å². The fourth-order valence-corrected chi connectivity index (χ4v) is 2.13. The van der Waals surface area contributed by atoms with Gasteiger partial charge >= 0.3 is 5.97 Å². The number of hydrogen-bond donors (Lipinski definition) is 4. The van der Waals surface area contributed by atoms with Crippen LogP contribution in [0.3, 0.4) is 0 Å². The molecule has 2 unspecified atom stereocenters. The van der Waals surface area contributed by atoms with E-state index in [-0.39, 0.29) is 5.41 Å². The molecule has 1 aromatic rings. The van der Waals surface area contributed by atoms with Crippen molar-refractivity contribution in [3.63, 3.8) is 0 Å². The summed E-state index contributed by atoms with van der Waals surface area (Å²) in [6.45, 7) is 8.90. The molecule has 0 saturated heterocycles. The predicted molar refractivity (Wildman–Crippen MR) is 93.3 cm³/mol. The first kappa shape index (κ1) is 20.6. The predicted octanol–water partition coefficient (Wildman–Crippen LogP) is 1.05. The van der Waals surface area contributed by atoms with Crippen molar-refractivity contribution in [2.24, 2.45) is 0 Å². The van der Waals surface area contributed by atoms with Crippen LogP contribution < -0.4 is 10.6 Å². The number of carboxylic acid groups (broad SMARTS) is 1. The van der Waals surface area contributed by atoms with Crippen molar-refractivity contribution in [2.75, 3.05) is 0 Å². The highest BCUT2D eigenvalue weighted by molar-refractivity contribution is 5.98. The zero-order valence-electron chi connectivity index (χ0n) is 15.2. The molecule has 7 nitrogen and oxygen atoms in total. The summed E-state index contributed by atoms with van der Waals surface area (Å²) in [5.41, 5.74) is 1.45. The van der Waals surface area contributed by atoms with Crippen LogP contribution in [0.25, 0.3) is 0 Å². The number of carbonyl (C=O) groups is 3. The molecular weight excluding hydrogens is 324 g/mol. The van der Waals surface area contributed by atoms with E-state index in [0.717, 1.165) is 5.56 Å². The third kappa shape index (κ3) is 5.86. The summed E-state index contributed by atoms with van der Waals surface area (Å²) in [6, 6.07) is 4.68. The molecule has 7 heteroatoms. The van der Waals surface area contributed by atoms with Crippen LogP contribution in [0.15, 0.2) is 24.3 Å². The fraction of sp³-hybridized carbons (Fsp3) is 0.500. The van der Waals surface area contributed by atoms with E-state index in [9.17, 15) is 19.5 Å². The van der Waals surface area contributed by atoms with E-state index in [2.05, 4.69) is 31.4 Å². The molecule has 2 amide bonds. The second-order valence-electron chi connectivity index (χ2n) is 7.09. The van der Waals surface area contributed by atoms with Gasteiger partial charge in [-0.15, -0.1) is 0 Å². The van der Waals surface area contributed by atoms with E-state index in [4.69, 9.17) is 5.11 Å². The lowest BCUT2D eigenvalue weighted by Gasteiger charge is -2.21. The standard InChI is InChI=1S/C18H26N2O5/c1-10(15(22)20-14(11(2)21)17(24)25)19-16(23)12-6-8-13(9-7-12)18(3,4)5/h6-11,14,21H,1-5H3,(H,19,23)(H,20,22)(H,24,25)/t10-,11?,14?/m0/s1. The SMILES string of the molecule is CC(O)C(NC(=O)[C@H](C)NC(=O)c1ccc(C(C)(C)C)cc1)C(=O)O. The van der Waals surface area contributed by atoms with Gasteiger partial charge in [-0.3, -0.25) is 9.59 Å². The van der Waals surface area contributed by atoms with Crippen LogP contribution >= 0.6 is 0 Å². The van der Waals surface area contributed by atoms with Crippen molar-refractivity contribution in [3.05, 3.63) is 35.4 Å². The number of amides is 2. The van der Waals surface area contributed by atoms with Crippen LogP contribution in [0.4, 0.5) is 0 Å². The molecule has 1 rings (SSSR count). The third-order valence-electron chi connectivity index (χ3n) is 3.80. The molecule has 0 aliphatic carbocycles. The molecule has 3 atom stereocenters. The number of hydrogen-bond acceptors (Lipinski definition) is 4. The highest BCUT2D eigenvalue weighted by atomic mass is 16.4. The Hall–Kier alpha value is -2.41. The number of nitrogens with one attached hydrogen (secondary N) is 2. The van der Waals surface area contributed by atoms with Crippen LogP contribution in [0.1, 0.15) is 50.5 Å². The zero-order valence-corrected chi connectivity index (χ0v) is 15.2. The Morgan fingerprint density at radius 3 is 1.92 bits per heavy atom. The van der Waals surface area contributed by atoms with Gasteiger partial charge in [0, 0.05) is 5.56 Å². The van der Waals surface area contributed by atoms with Gasteiger partial charge in [0.05, 0.1) is 6.10 Å². The van der Waals surface area contributed by atoms with Crippen molar-refractivity contribution < 1.29 is 24.6 Å². The zero-order chi connectivity index (χ0) is 19.4. The monoisotopic (exact) mass is 350 g/mol. The van der Waals surface area contributed by atoms with Crippen LogP contribution in [-0.2, 0) is 15.0 Å². The molecule has 0 fully saturated rings. The molecule has 0 aliphatic rings. The Morgan fingerprint density at radius 2 is 1.52 bits per heavy atom. The number of aliphatic hydroxyl groups excluding tert-OH is 1. The number of rotatable bonds is 6. The summed E-state index contributed by atoms with van der Waals surface area (Å²) >= 11 is 0. The smallest absolute Gasteiger partial charge is 0.328 e. The first-order chi connectivity index (χ1) is 11.4. The Kier molecular flexibility index (Phi) is 6.70. The lowest BCUT2D eigenvalue weighted by atomic mass is 9.86. The Labute approximate surface area is 147 Å². The number of carbonyl (C=O) groups excluding carboxylic acids is 2. The number of benzene rings is 1. The summed E-state index contributed by atoms with van der Waals surface area (Å²) in [5, 5.41) is 23.1. The molecule has 0 heterocycles. The Bertz CT molecular complexity index is 632. The highest BCUT2D eigenvalue weighted by Crippen LogP contribution is 2.22. The minimum atomic E-state index is -1.43. The van der Waals surface area contributed by atoms with Crippen LogP contribution in [0, 0.1) is 0 Å². The topological polar surface area (TPSA) is 116 Å². The maximum absolute atomic E-state index is 12.2. The molecule has 0 spiro atoms.